The SMILES string of the molecule is CN1CCN(C(=O)C2CCNC(=O)C2)CC1. The first kappa shape index (κ1) is 11.4. The van der Waals surface area contributed by atoms with Crippen LogP contribution in [0.15, 0.2) is 0 Å². The van der Waals surface area contributed by atoms with Gasteiger partial charge in [-0.1, -0.05) is 0 Å². The van der Waals surface area contributed by atoms with Gasteiger partial charge in [-0.15, -0.1) is 0 Å². The average molecular weight is 225 g/mol. The van der Waals surface area contributed by atoms with Gasteiger partial charge in [0, 0.05) is 45.1 Å². The molecule has 2 fully saturated rings. The van der Waals surface area contributed by atoms with Crippen LogP contribution in [0.5, 0.6) is 0 Å². The van der Waals surface area contributed by atoms with E-state index >= 15 is 0 Å². The fourth-order valence-corrected chi connectivity index (χ4v) is 2.28. The minimum atomic E-state index is -0.0860. The minimum Gasteiger partial charge on any atom is -0.356 e. The minimum absolute atomic E-state index is 0.0127. The second kappa shape index (κ2) is 4.82. The van der Waals surface area contributed by atoms with Crippen molar-refractivity contribution in [3.63, 3.8) is 0 Å². The van der Waals surface area contributed by atoms with E-state index in [2.05, 4.69) is 17.3 Å². The molecule has 16 heavy (non-hydrogen) atoms. The number of hydrogen-bond acceptors (Lipinski definition) is 3. The maximum absolute atomic E-state index is 12.1. The van der Waals surface area contributed by atoms with Crippen LogP contribution >= 0.6 is 0 Å². The summed E-state index contributed by atoms with van der Waals surface area (Å²) in [5.74, 6) is 0.0961. The number of carbonyl (C=O) groups excluding carboxylic acids is 2. The molecule has 1 N–H and O–H groups in total. The van der Waals surface area contributed by atoms with Crippen molar-refractivity contribution < 1.29 is 9.59 Å². The van der Waals surface area contributed by atoms with Crippen molar-refractivity contribution in [2.45, 2.75) is 12.8 Å². The van der Waals surface area contributed by atoms with Crippen molar-refractivity contribution in [2.24, 2.45) is 5.92 Å². The molecule has 1 unspecified atom stereocenters. The summed E-state index contributed by atoms with van der Waals surface area (Å²) in [4.78, 5) is 27.5. The van der Waals surface area contributed by atoms with Crippen LogP contribution in [0.25, 0.3) is 0 Å². The second-order valence-electron chi connectivity index (χ2n) is 4.67. The number of hydrogen-bond donors (Lipinski definition) is 1. The molecule has 0 saturated carbocycles. The fraction of sp³-hybridized carbons (Fsp3) is 0.818. The van der Waals surface area contributed by atoms with Crippen molar-refractivity contribution in [3.8, 4) is 0 Å². The topological polar surface area (TPSA) is 52.6 Å². The number of carbonyl (C=O) groups is 2. The summed E-state index contributed by atoms with van der Waals surface area (Å²) in [6, 6.07) is 0. The highest BCUT2D eigenvalue weighted by molar-refractivity contribution is 5.87. The highest BCUT2D eigenvalue weighted by Crippen LogP contribution is 2.16. The first-order valence-corrected chi connectivity index (χ1v) is 5.91. The summed E-state index contributed by atoms with van der Waals surface area (Å²) in [5, 5.41) is 2.76. The van der Waals surface area contributed by atoms with Gasteiger partial charge in [0.05, 0.1) is 0 Å². The lowest BCUT2D eigenvalue weighted by atomic mass is 9.96. The molecule has 0 radical (unpaired) electrons. The number of amides is 2. The van der Waals surface area contributed by atoms with Gasteiger partial charge in [-0.3, -0.25) is 9.59 Å². The Kier molecular flexibility index (Phi) is 3.43. The molecule has 0 aromatic rings. The van der Waals surface area contributed by atoms with E-state index in [0.29, 0.717) is 13.0 Å². The highest BCUT2D eigenvalue weighted by Gasteiger charge is 2.30. The zero-order chi connectivity index (χ0) is 11.5. The van der Waals surface area contributed by atoms with Gasteiger partial charge in [0.2, 0.25) is 11.8 Å². The second-order valence-corrected chi connectivity index (χ2v) is 4.67. The number of piperidine rings is 1. The third kappa shape index (κ3) is 2.52. The Morgan fingerprint density at radius 2 is 2.00 bits per heavy atom. The van der Waals surface area contributed by atoms with Gasteiger partial charge < -0.3 is 15.1 Å². The average Bonchev–Trinajstić information content (AvgIpc) is 2.29. The zero-order valence-corrected chi connectivity index (χ0v) is 9.74. The number of nitrogens with zero attached hydrogens (tertiary/aromatic N) is 2. The third-order valence-electron chi connectivity index (χ3n) is 3.41. The molecule has 2 amide bonds. The Morgan fingerprint density at radius 1 is 1.31 bits per heavy atom. The maximum atomic E-state index is 12.1. The first-order chi connectivity index (χ1) is 7.66. The first-order valence-electron chi connectivity index (χ1n) is 5.91. The predicted molar refractivity (Wildman–Crippen MR) is 59.8 cm³/mol. The Morgan fingerprint density at radius 3 is 2.62 bits per heavy atom. The van der Waals surface area contributed by atoms with E-state index in [0.717, 1.165) is 32.6 Å². The lowest BCUT2D eigenvalue weighted by Crippen LogP contribution is -2.50. The molecule has 2 saturated heterocycles. The normalized spacial score (nSPS) is 27.7. The monoisotopic (exact) mass is 225 g/mol. The smallest absolute Gasteiger partial charge is 0.226 e. The molecule has 1 atom stereocenters. The van der Waals surface area contributed by atoms with Gasteiger partial charge in [0.1, 0.15) is 0 Å². The van der Waals surface area contributed by atoms with Crippen LogP contribution in [0.1, 0.15) is 12.8 Å². The molecule has 5 nitrogen and oxygen atoms in total. The van der Waals surface area contributed by atoms with Crippen LogP contribution in [0, 0.1) is 5.92 Å². The predicted octanol–water partition coefficient (Wildman–Crippen LogP) is -0.713. The number of likely N-dealkylation sites (N-methyl/N-ethyl adjacent to an activating group) is 1. The fourth-order valence-electron chi connectivity index (χ4n) is 2.28. The molecule has 0 aromatic carbocycles. The van der Waals surface area contributed by atoms with Gasteiger partial charge >= 0.3 is 0 Å². The van der Waals surface area contributed by atoms with E-state index in [1.54, 1.807) is 0 Å². The van der Waals surface area contributed by atoms with Crippen LogP contribution in [0.3, 0.4) is 0 Å². The molecule has 0 spiro atoms. The number of nitrogens with one attached hydrogen (secondary N) is 1. The molecule has 0 bridgehead atoms. The van der Waals surface area contributed by atoms with Crippen molar-refractivity contribution in [1.82, 2.24) is 15.1 Å². The Balaban J connectivity index is 1.89. The molecule has 2 heterocycles. The number of piperazine rings is 1. The molecule has 0 aliphatic carbocycles. The molecular formula is C11H19N3O2. The highest BCUT2D eigenvalue weighted by atomic mass is 16.2. The molecule has 2 rings (SSSR count). The Bertz CT molecular complexity index is 285. The number of rotatable bonds is 1. The van der Waals surface area contributed by atoms with E-state index in [1.165, 1.54) is 0 Å². The van der Waals surface area contributed by atoms with Crippen LogP contribution in [-0.4, -0.2) is 61.4 Å². The van der Waals surface area contributed by atoms with Crippen LogP contribution in [-0.2, 0) is 9.59 Å². The van der Waals surface area contributed by atoms with Gasteiger partial charge in [-0.05, 0) is 13.5 Å². The van der Waals surface area contributed by atoms with Crippen LogP contribution in [0.2, 0.25) is 0 Å². The maximum Gasteiger partial charge on any atom is 0.226 e. The molecule has 2 aliphatic heterocycles. The summed E-state index contributed by atoms with van der Waals surface area (Å²) in [6.45, 7) is 4.11. The summed E-state index contributed by atoms with van der Waals surface area (Å²) in [5.41, 5.74) is 0. The largest absolute Gasteiger partial charge is 0.356 e. The molecule has 5 heteroatoms. The summed E-state index contributed by atoms with van der Waals surface area (Å²) >= 11 is 0. The Hall–Kier alpha value is -1.10. The molecule has 2 aliphatic rings. The third-order valence-corrected chi connectivity index (χ3v) is 3.41. The van der Waals surface area contributed by atoms with Crippen molar-refractivity contribution in [1.29, 1.82) is 0 Å². The van der Waals surface area contributed by atoms with Crippen molar-refractivity contribution in [3.05, 3.63) is 0 Å². The van der Waals surface area contributed by atoms with E-state index < -0.39 is 0 Å². The van der Waals surface area contributed by atoms with E-state index in [-0.39, 0.29) is 17.7 Å². The van der Waals surface area contributed by atoms with Crippen molar-refractivity contribution >= 4 is 11.8 Å². The van der Waals surface area contributed by atoms with E-state index in [4.69, 9.17) is 0 Å². The standard InChI is InChI=1S/C11H19N3O2/c1-13-4-6-14(7-5-13)11(16)9-2-3-12-10(15)8-9/h9H,2-8H2,1H3,(H,12,15). The van der Waals surface area contributed by atoms with Crippen LogP contribution in [0.4, 0.5) is 0 Å². The van der Waals surface area contributed by atoms with E-state index in [9.17, 15) is 9.59 Å². The lowest BCUT2D eigenvalue weighted by Gasteiger charge is -2.35. The quantitative estimate of drug-likeness (QED) is 0.641. The van der Waals surface area contributed by atoms with Gasteiger partial charge in [0.15, 0.2) is 0 Å². The molecule has 0 aromatic heterocycles. The van der Waals surface area contributed by atoms with E-state index in [1.807, 2.05) is 4.90 Å². The zero-order valence-electron chi connectivity index (χ0n) is 9.74. The summed E-state index contributed by atoms with van der Waals surface area (Å²) < 4.78 is 0. The summed E-state index contributed by atoms with van der Waals surface area (Å²) in [7, 11) is 2.07. The van der Waals surface area contributed by atoms with Gasteiger partial charge in [-0.2, -0.15) is 0 Å². The van der Waals surface area contributed by atoms with Gasteiger partial charge in [0.25, 0.3) is 0 Å². The van der Waals surface area contributed by atoms with Gasteiger partial charge in [-0.25, -0.2) is 0 Å². The Labute approximate surface area is 95.8 Å². The lowest BCUT2D eigenvalue weighted by molar-refractivity contribution is -0.141. The van der Waals surface area contributed by atoms with Crippen LogP contribution < -0.4 is 5.32 Å². The molecule has 90 valence electrons. The van der Waals surface area contributed by atoms with Crippen molar-refractivity contribution in [2.75, 3.05) is 39.8 Å². The molecular weight excluding hydrogens is 206 g/mol. The summed E-state index contributed by atoms with van der Waals surface area (Å²) in [6.07, 6.45) is 1.15.